The lowest BCUT2D eigenvalue weighted by Crippen LogP contribution is -2.14. The summed E-state index contributed by atoms with van der Waals surface area (Å²) in [5.41, 5.74) is 0.988. The molecule has 0 aliphatic heterocycles. The van der Waals surface area contributed by atoms with E-state index < -0.39 is 11.9 Å². The summed E-state index contributed by atoms with van der Waals surface area (Å²) in [6, 6.07) is 12.2. The van der Waals surface area contributed by atoms with Gasteiger partial charge in [0.25, 0.3) is 5.91 Å². The van der Waals surface area contributed by atoms with Crippen LogP contribution in [0.4, 0.5) is 5.69 Å². The number of halogens is 2. The van der Waals surface area contributed by atoms with E-state index in [2.05, 4.69) is 41.9 Å². The summed E-state index contributed by atoms with van der Waals surface area (Å²) in [5.74, 6) is -0.399. The Morgan fingerprint density at radius 1 is 1.17 bits per heavy atom. The number of nitriles is 1. The largest absolute Gasteiger partial charge is 0.490 e. The van der Waals surface area contributed by atoms with Crippen molar-refractivity contribution in [3.05, 3.63) is 56.5 Å². The van der Waals surface area contributed by atoms with Crippen LogP contribution in [0, 0.1) is 11.3 Å². The van der Waals surface area contributed by atoms with Gasteiger partial charge in [0, 0.05) is 14.6 Å². The van der Waals surface area contributed by atoms with Gasteiger partial charge in [-0.1, -0.05) is 37.9 Å². The van der Waals surface area contributed by atoms with Crippen molar-refractivity contribution in [2.75, 3.05) is 25.6 Å². The van der Waals surface area contributed by atoms with E-state index in [9.17, 15) is 14.9 Å². The second-order valence-electron chi connectivity index (χ2n) is 5.75. The Bertz CT molecular complexity index is 1010. The van der Waals surface area contributed by atoms with Crippen LogP contribution in [0.3, 0.4) is 0 Å². The van der Waals surface area contributed by atoms with Gasteiger partial charge in [-0.05, 0) is 48.9 Å². The Labute approximate surface area is 190 Å². The van der Waals surface area contributed by atoms with Gasteiger partial charge in [-0.25, -0.2) is 4.79 Å². The van der Waals surface area contributed by atoms with E-state index in [0.29, 0.717) is 33.8 Å². The van der Waals surface area contributed by atoms with Gasteiger partial charge in [-0.3, -0.25) is 4.79 Å². The molecule has 0 aliphatic carbocycles. The molecular weight excluding hydrogens is 520 g/mol. The van der Waals surface area contributed by atoms with Gasteiger partial charge < -0.3 is 19.5 Å². The van der Waals surface area contributed by atoms with Crippen molar-refractivity contribution in [2.45, 2.75) is 6.92 Å². The maximum absolute atomic E-state index is 12.5. The Kier molecular flexibility index (Phi) is 8.89. The molecule has 9 heteroatoms. The van der Waals surface area contributed by atoms with E-state index in [1.54, 1.807) is 37.3 Å². The Morgan fingerprint density at radius 3 is 2.53 bits per heavy atom. The van der Waals surface area contributed by atoms with Gasteiger partial charge in [0.2, 0.25) is 0 Å². The van der Waals surface area contributed by atoms with Crippen molar-refractivity contribution in [1.29, 1.82) is 5.26 Å². The summed E-state index contributed by atoms with van der Waals surface area (Å²) in [5, 5.41) is 12.2. The van der Waals surface area contributed by atoms with E-state index in [-0.39, 0.29) is 12.2 Å². The molecule has 0 saturated carbocycles. The fourth-order valence-electron chi connectivity index (χ4n) is 2.31. The number of rotatable bonds is 8. The summed E-state index contributed by atoms with van der Waals surface area (Å²) in [4.78, 5) is 23.9. The maximum atomic E-state index is 12.5. The highest BCUT2D eigenvalue weighted by Crippen LogP contribution is 2.35. The van der Waals surface area contributed by atoms with Crippen molar-refractivity contribution in [2.24, 2.45) is 0 Å². The fourth-order valence-corrected chi connectivity index (χ4v) is 3.14. The van der Waals surface area contributed by atoms with Crippen LogP contribution < -0.4 is 14.8 Å². The predicted molar refractivity (Wildman–Crippen MR) is 119 cm³/mol. The number of nitrogens with zero attached hydrogens (tertiary/aromatic N) is 1. The minimum absolute atomic E-state index is 0.0960. The van der Waals surface area contributed by atoms with Gasteiger partial charge in [0.1, 0.15) is 11.6 Å². The second kappa shape index (κ2) is 11.4. The lowest BCUT2D eigenvalue weighted by atomic mass is 10.1. The summed E-state index contributed by atoms with van der Waals surface area (Å²) in [6.45, 7) is 1.87. The molecule has 2 rings (SSSR count). The molecule has 0 radical (unpaired) electrons. The third kappa shape index (κ3) is 6.61. The highest BCUT2D eigenvalue weighted by molar-refractivity contribution is 9.10. The number of esters is 1. The molecule has 0 aliphatic rings. The summed E-state index contributed by atoms with van der Waals surface area (Å²) >= 11 is 6.73. The van der Waals surface area contributed by atoms with Crippen LogP contribution in [0.5, 0.6) is 11.5 Å². The number of carbonyl (C=O) groups is 2. The Balaban J connectivity index is 2.32. The lowest BCUT2D eigenvalue weighted by Gasteiger charge is -2.13. The van der Waals surface area contributed by atoms with Crippen molar-refractivity contribution >= 4 is 55.5 Å². The number of methoxy groups -OCH3 is 1. The maximum Gasteiger partial charge on any atom is 0.343 e. The molecule has 0 heterocycles. The van der Waals surface area contributed by atoms with Crippen molar-refractivity contribution in [1.82, 2.24) is 0 Å². The average Bonchev–Trinajstić information content (AvgIpc) is 2.72. The molecule has 0 saturated heterocycles. The molecule has 0 bridgehead atoms. The Hall–Kier alpha value is -2.83. The highest BCUT2D eigenvalue weighted by atomic mass is 79.9. The number of hydrogen-bond donors (Lipinski definition) is 1. The van der Waals surface area contributed by atoms with Crippen LogP contribution in [-0.2, 0) is 14.3 Å². The second-order valence-corrected chi connectivity index (χ2v) is 7.52. The van der Waals surface area contributed by atoms with Gasteiger partial charge in [0.05, 0.1) is 13.7 Å². The van der Waals surface area contributed by atoms with Gasteiger partial charge in [-0.15, -0.1) is 0 Å². The number of benzene rings is 2. The zero-order chi connectivity index (χ0) is 22.1. The number of hydrogen-bond acceptors (Lipinski definition) is 6. The minimum Gasteiger partial charge on any atom is -0.490 e. The first-order valence-corrected chi connectivity index (χ1v) is 10.3. The summed E-state index contributed by atoms with van der Waals surface area (Å²) in [7, 11) is 1.27. The average molecular weight is 538 g/mol. The SMILES string of the molecule is CCOc1cc(/C=C(/C#N)C(=O)Nc2cccc(Br)c2)c(Br)cc1OCC(=O)OC. The highest BCUT2D eigenvalue weighted by Gasteiger charge is 2.15. The van der Waals surface area contributed by atoms with E-state index in [1.165, 1.54) is 13.2 Å². The molecule has 0 unspecified atom stereocenters. The number of anilines is 1. The standard InChI is InChI=1S/C21H18Br2N2O5/c1-3-29-18-8-13(17(23)10-19(18)30-12-20(26)28-2)7-14(11-24)21(27)25-16-6-4-5-15(22)9-16/h4-10H,3,12H2,1-2H3,(H,25,27)/b14-7-. The summed E-state index contributed by atoms with van der Waals surface area (Å²) in [6.07, 6.45) is 1.43. The molecule has 0 spiro atoms. The third-order valence-electron chi connectivity index (χ3n) is 3.68. The van der Waals surface area contributed by atoms with E-state index in [0.717, 1.165) is 4.47 Å². The number of nitrogens with one attached hydrogen (secondary N) is 1. The zero-order valence-electron chi connectivity index (χ0n) is 16.2. The van der Waals surface area contributed by atoms with Gasteiger partial charge in [0.15, 0.2) is 18.1 Å². The molecule has 30 heavy (non-hydrogen) atoms. The molecule has 1 amide bonds. The van der Waals surface area contributed by atoms with Crippen LogP contribution >= 0.6 is 31.9 Å². The van der Waals surface area contributed by atoms with E-state index >= 15 is 0 Å². The van der Waals surface area contributed by atoms with Crippen LogP contribution in [0.1, 0.15) is 12.5 Å². The predicted octanol–water partition coefficient (Wildman–Crippen LogP) is 4.71. The number of amides is 1. The van der Waals surface area contributed by atoms with Crippen LogP contribution in [0.2, 0.25) is 0 Å². The minimum atomic E-state index is -0.550. The lowest BCUT2D eigenvalue weighted by molar-refractivity contribution is -0.142. The van der Waals surface area contributed by atoms with E-state index in [4.69, 9.17) is 9.47 Å². The molecular formula is C21H18Br2N2O5. The van der Waals surface area contributed by atoms with Crippen molar-refractivity contribution < 1.29 is 23.8 Å². The van der Waals surface area contributed by atoms with Crippen molar-refractivity contribution in [3.63, 3.8) is 0 Å². The van der Waals surface area contributed by atoms with Crippen molar-refractivity contribution in [3.8, 4) is 17.6 Å². The molecule has 2 aromatic carbocycles. The van der Waals surface area contributed by atoms with Crippen LogP contribution in [0.15, 0.2) is 50.9 Å². The quantitative estimate of drug-likeness (QED) is 0.297. The van der Waals surface area contributed by atoms with Crippen LogP contribution in [-0.4, -0.2) is 32.2 Å². The first-order chi connectivity index (χ1) is 14.4. The van der Waals surface area contributed by atoms with Gasteiger partial charge >= 0.3 is 5.97 Å². The number of carbonyl (C=O) groups excluding carboxylic acids is 2. The zero-order valence-corrected chi connectivity index (χ0v) is 19.4. The smallest absolute Gasteiger partial charge is 0.343 e. The first kappa shape index (κ1) is 23.4. The normalized spacial score (nSPS) is 10.7. The van der Waals surface area contributed by atoms with Gasteiger partial charge in [-0.2, -0.15) is 5.26 Å². The Morgan fingerprint density at radius 2 is 1.90 bits per heavy atom. The third-order valence-corrected chi connectivity index (χ3v) is 4.86. The van der Waals surface area contributed by atoms with E-state index in [1.807, 2.05) is 12.1 Å². The number of ether oxygens (including phenoxy) is 3. The first-order valence-electron chi connectivity index (χ1n) is 8.72. The topological polar surface area (TPSA) is 97.6 Å². The molecule has 2 aromatic rings. The fraction of sp³-hybridized carbons (Fsp3) is 0.190. The monoisotopic (exact) mass is 536 g/mol. The molecule has 0 atom stereocenters. The summed E-state index contributed by atoms with van der Waals surface area (Å²) < 4.78 is 16.9. The molecule has 156 valence electrons. The van der Waals surface area contributed by atoms with Crippen LogP contribution in [0.25, 0.3) is 6.08 Å². The molecule has 0 fully saturated rings. The molecule has 7 nitrogen and oxygen atoms in total. The molecule has 0 aromatic heterocycles. The molecule has 1 N–H and O–H groups in total.